The molecule has 0 N–H and O–H groups in total. The minimum atomic E-state index is -0.316. The van der Waals surface area contributed by atoms with E-state index in [1.807, 2.05) is 12.1 Å². The van der Waals surface area contributed by atoms with Gasteiger partial charge in [-0.05, 0) is 49.2 Å². The second kappa shape index (κ2) is 6.22. The van der Waals surface area contributed by atoms with Crippen LogP contribution in [-0.4, -0.2) is 23.3 Å². The highest BCUT2D eigenvalue weighted by atomic mass is 19.1. The summed E-state index contributed by atoms with van der Waals surface area (Å²) in [6, 6.07) is 10.2. The molecule has 0 aliphatic heterocycles. The lowest BCUT2D eigenvalue weighted by Gasteiger charge is -2.20. The quantitative estimate of drug-likeness (QED) is 0.729. The molecule has 3 nitrogen and oxygen atoms in total. The summed E-state index contributed by atoms with van der Waals surface area (Å²) in [6.07, 6.45) is 4.49. The molecule has 2 aromatic rings. The van der Waals surface area contributed by atoms with Gasteiger partial charge in [0.15, 0.2) is 5.78 Å². The van der Waals surface area contributed by atoms with E-state index in [-0.39, 0.29) is 11.6 Å². The summed E-state index contributed by atoms with van der Waals surface area (Å²) in [5.74, 6) is 0.667. The Morgan fingerprint density at radius 3 is 2.62 bits per heavy atom. The summed E-state index contributed by atoms with van der Waals surface area (Å²) in [5, 5.41) is 0. The first-order valence-corrected chi connectivity index (χ1v) is 7.27. The van der Waals surface area contributed by atoms with Gasteiger partial charge >= 0.3 is 0 Å². The first-order chi connectivity index (χ1) is 10.2. The van der Waals surface area contributed by atoms with Gasteiger partial charge in [-0.25, -0.2) is 4.39 Å². The number of halogens is 1. The van der Waals surface area contributed by atoms with Gasteiger partial charge in [0.1, 0.15) is 11.6 Å². The number of ketones is 1. The van der Waals surface area contributed by atoms with Gasteiger partial charge in [-0.3, -0.25) is 9.69 Å². The number of carbonyl (C=O) groups excluding carboxylic acids is 1. The Morgan fingerprint density at radius 2 is 2.00 bits per heavy atom. The molecule has 0 bridgehead atoms. The van der Waals surface area contributed by atoms with E-state index in [0.29, 0.717) is 24.6 Å². The van der Waals surface area contributed by atoms with Crippen LogP contribution in [0.25, 0.3) is 0 Å². The van der Waals surface area contributed by atoms with E-state index in [1.54, 1.807) is 18.4 Å². The molecule has 0 atom stereocenters. The van der Waals surface area contributed by atoms with Gasteiger partial charge in [-0.2, -0.15) is 0 Å². The molecule has 0 amide bonds. The Morgan fingerprint density at radius 1 is 1.24 bits per heavy atom. The van der Waals surface area contributed by atoms with Crippen molar-refractivity contribution in [3.8, 4) is 0 Å². The molecule has 1 aromatic heterocycles. The van der Waals surface area contributed by atoms with E-state index in [9.17, 15) is 9.18 Å². The van der Waals surface area contributed by atoms with Gasteiger partial charge in [0.25, 0.3) is 0 Å². The molecule has 21 heavy (non-hydrogen) atoms. The molecule has 1 heterocycles. The average molecular weight is 287 g/mol. The summed E-state index contributed by atoms with van der Waals surface area (Å²) in [4.78, 5) is 14.4. The second-order valence-electron chi connectivity index (χ2n) is 5.46. The summed E-state index contributed by atoms with van der Waals surface area (Å²) >= 11 is 0. The third-order valence-electron chi connectivity index (χ3n) is 3.79. The van der Waals surface area contributed by atoms with Gasteiger partial charge in [-0.15, -0.1) is 0 Å². The molecule has 0 radical (unpaired) electrons. The molecular weight excluding hydrogens is 269 g/mol. The van der Waals surface area contributed by atoms with Gasteiger partial charge in [-0.1, -0.05) is 0 Å². The van der Waals surface area contributed by atoms with Crippen molar-refractivity contribution < 1.29 is 13.6 Å². The van der Waals surface area contributed by atoms with Crippen LogP contribution in [0, 0.1) is 5.82 Å². The molecular formula is C17H18FNO2. The Bertz CT molecular complexity index is 588. The van der Waals surface area contributed by atoms with Crippen molar-refractivity contribution in [3.63, 3.8) is 0 Å². The summed E-state index contributed by atoms with van der Waals surface area (Å²) in [7, 11) is 0. The smallest absolute Gasteiger partial charge is 0.164 e. The molecule has 1 aliphatic carbocycles. The molecule has 110 valence electrons. The third-order valence-corrected chi connectivity index (χ3v) is 3.79. The standard InChI is InChI=1S/C17H18FNO2/c18-14-5-3-13(4-6-14)17(20)9-10-19(15-7-8-15)12-16-2-1-11-21-16/h1-6,11,15H,7-10,12H2. The lowest BCUT2D eigenvalue weighted by molar-refractivity contribution is 0.0957. The topological polar surface area (TPSA) is 33.5 Å². The lowest BCUT2D eigenvalue weighted by atomic mass is 10.1. The molecule has 1 aliphatic rings. The van der Waals surface area contributed by atoms with E-state index >= 15 is 0 Å². The van der Waals surface area contributed by atoms with Crippen molar-refractivity contribution >= 4 is 5.78 Å². The van der Waals surface area contributed by atoms with E-state index in [2.05, 4.69) is 4.90 Å². The first kappa shape index (κ1) is 14.0. The van der Waals surface area contributed by atoms with Gasteiger partial charge in [0.05, 0.1) is 12.8 Å². The number of hydrogen-bond acceptors (Lipinski definition) is 3. The van der Waals surface area contributed by atoms with Gasteiger partial charge < -0.3 is 4.42 Å². The van der Waals surface area contributed by atoms with Crippen molar-refractivity contribution in [3.05, 3.63) is 59.8 Å². The Labute approximate surface area is 123 Å². The number of hydrogen-bond donors (Lipinski definition) is 0. The van der Waals surface area contributed by atoms with Crippen LogP contribution in [0.2, 0.25) is 0 Å². The maximum atomic E-state index is 12.9. The van der Waals surface area contributed by atoms with Crippen LogP contribution in [0.3, 0.4) is 0 Å². The third kappa shape index (κ3) is 3.79. The molecule has 3 rings (SSSR count). The molecule has 0 unspecified atom stereocenters. The number of benzene rings is 1. The average Bonchev–Trinajstić information content (AvgIpc) is 3.21. The van der Waals surface area contributed by atoms with Crippen LogP contribution < -0.4 is 0 Å². The molecule has 1 aromatic carbocycles. The number of furan rings is 1. The van der Waals surface area contributed by atoms with Crippen molar-refractivity contribution in [2.24, 2.45) is 0 Å². The minimum absolute atomic E-state index is 0.0556. The molecule has 0 saturated heterocycles. The summed E-state index contributed by atoms with van der Waals surface area (Å²) < 4.78 is 18.2. The van der Waals surface area contributed by atoms with Crippen LogP contribution in [0.15, 0.2) is 47.1 Å². The maximum absolute atomic E-state index is 12.9. The number of Topliss-reactive ketones (excluding diaryl/α,β-unsaturated/α-hetero) is 1. The van der Waals surface area contributed by atoms with E-state index in [4.69, 9.17) is 4.42 Å². The van der Waals surface area contributed by atoms with E-state index < -0.39 is 0 Å². The Kier molecular flexibility index (Phi) is 4.15. The van der Waals surface area contributed by atoms with Crippen LogP contribution in [-0.2, 0) is 6.54 Å². The fourth-order valence-electron chi connectivity index (χ4n) is 2.46. The number of nitrogens with zero attached hydrogens (tertiary/aromatic N) is 1. The van der Waals surface area contributed by atoms with Crippen molar-refractivity contribution in [2.45, 2.75) is 31.8 Å². The molecule has 0 spiro atoms. The zero-order valence-electron chi connectivity index (χ0n) is 11.8. The second-order valence-corrected chi connectivity index (χ2v) is 5.46. The lowest BCUT2D eigenvalue weighted by Crippen LogP contribution is -2.28. The van der Waals surface area contributed by atoms with Gasteiger partial charge in [0, 0.05) is 24.6 Å². The monoisotopic (exact) mass is 287 g/mol. The molecule has 4 heteroatoms. The SMILES string of the molecule is O=C(CCN(Cc1ccco1)C1CC1)c1ccc(F)cc1. The highest BCUT2D eigenvalue weighted by Crippen LogP contribution is 2.28. The van der Waals surface area contributed by atoms with E-state index in [0.717, 1.165) is 12.3 Å². The Balaban J connectivity index is 1.56. The number of rotatable bonds is 7. The largest absolute Gasteiger partial charge is 0.468 e. The van der Waals surface area contributed by atoms with Crippen LogP contribution >= 0.6 is 0 Å². The zero-order chi connectivity index (χ0) is 14.7. The van der Waals surface area contributed by atoms with Gasteiger partial charge in [0.2, 0.25) is 0 Å². The predicted octanol–water partition coefficient (Wildman–Crippen LogP) is 3.66. The van der Waals surface area contributed by atoms with Crippen molar-refractivity contribution in [1.29, 1.82) is 0 Å². The van der Waals surface area contributed by atoms with Crippen LogP contribution in [0.4, 0.5) is 4.39 Å². The fraction of sp³-hybridized carbons (Fsp3) is 0.353. The maximum Gasteiger partial charge on any atom is 0.164 e. The highest BCUT2D eigenvalue weighted by Gasteiger charge is 2.29. The summed E-state index contributed by atoms with van der Waals surface area (Å²) in [6.45, 7) is 1.45. The number of carbonyl (C=O) groups is 1. The summed E-state index contributed by atoms with van der Waals surface area (Å²) in [5.41, 5.74) is 0.574. The predicted molar refractivity (Wildman–Crippen MR) is 77.5 cm³/mol. The molecule has 1 saturated carbocycles. The molecule has 1 fully saturated rings. The van der Waals surface area contributed by atoms with Crippen molar-refractivity contribution in [1.82, 2.24) is 4.90 Å². The zero-order valence-corrected chi connectivity index (χ0v) is 11.8. The minimum Gasteiger partial charge on any atom is -0.468 e. The van der Waals surface area contributed by atoms with Crippen molar-refractivity contribution in [2.75, 3.05) is 6.54 Å². The van der Waals surface area contributed by atoms with E-state index in [1.165, 1.54) is 25.0 Å². The highest BCUT2D eigenvalue weighted by molar-refractivity contribution is 5.96. The normalized spacial score (nSPS) is 14.6. The Hall–Kier alpha value is -1.94. The van der Waals surface area contributed by atoms with Crippen LogP contribution in [0.5, 0.6) is 0 Å². The van der Waals surface area contributed by atoms with Crippen LogP contribution in [0.1, 0.15) is 35.4 Å². The first-order valence-electron chi connectivity index (χ1n) is 7.27. The fourth-order valence-corrected chi connectivity index (χ4v) is 2.46.